The second-order valence-electron chi connectivity index (χ2n) is 5.76. The molecule has 0 saturated carbocycles. The fourth-order valence-corrected chi connectivity index (χ4v) is 3.77. The van der Waals surface area contributed by atoms with Crippen molar-refractivity contribution in [2.45, 2.75) is 71.4 Å². The third kappa shape index (κ3) is 4.18. The highest BCUT2D eigenvalue weighted by molar-refractivity contribution is 9.10. The first-order chi connectivity index (χ1) is 10.2. The van der Waals surface area contributed by atoms with Crippen LogP contribution >= 0.6 is 15.9 Å². The fourth-order valence-electron chi connectivity index (χ4n) is 3.04. The first-order valence-corrected chi connectivity index (χ1v) is 8.86. The van der Waals surface area contributed by atoms with Gasteiger partial charge in [0.25, 0.3) is 0 Å². The maximum Gasteiger partial charge on any atom is 0.0766 e. The van der Waals surface area contributed by atoms with Crippen molar-refractivity contribution >= 4 is 15.9 Å². The van der Waals surface area contributed by atoms with Crippen LogP contribution in [0.4, 0.5) is 0 Å². The van der Waals surface area contributed by atoms with E-state index in [4.69, 9.17) is 5.84 Å². The van der Waals surface area contributed by atoms with Crippen LogP contribution in [-0.4, -0.2) is 15.8 Å². The highest BCUT2D eigenvalue weighted by atomic mass is 79.9. The smallest absolute Gasteiger partial charge is 0.0766 e. The molecule has 0 radical (unpaired) electrons. The molecule has 0 aromatic carbocycles. The van der Waals surface area contributed by atoms with E-state index in [0.29, 0.717) is 0 Å². The molecule has 3 N–H and O–H groups in total. The lowest BCUT2D eigenvalue weighted by atomic mass is 9.93. The number of hydrazine groups is 1. The van der Waals surface area contributed by atoms with Gasteiger partial charge in [-0.25, -0.2) is 0 Å². The summed E-state index contributed by atoms with van der Waals surface area (Å²) in [5.41, 5.74) is 6.95. The lowest BCUT2D eigenvalue weighted by molar-refractivity contribution is 0.482. The summed E-state index contributed by atoms with van der Waals surface area (Å²) in [6, 6.07) is 0.275. The number of nitrogens with two attached hydrogens (primary N) is 1. The van der Waals surface area contributed by atoms with Crippen LogP contribution in [0, 0.1) is 0 Å². The zero-order valence-electron chi connectivity index (χ0n) is 13.2. The second kappa shape index (κ2) is 8.11. The minimum absolute atomic E-state index is 0.275. The molecule has 0 aliphatic heterocycles. The van der Waals surface area contributed by atoms with Crippen LogP contribution < -0.4 is 11.3 Å². The topological polar surface area (TPSA) is 55.9 Å². The Hall–Kier alpha value is -0.650. The van der Waals surface area contributed by atoms with E-state index in [1.54, 1.807) is 5.57 Å². The van der Waals surface area contributed by atoms with Gasteiger partial charge in [-0.05, 0) is 61.4 Å². The molecular weight excluding hydrogens is 328 g/mol. The molecular formula is C16H27BrN4. The van der Waals surface area contributed by atoms with E-state index in [2.05, 4.69) is 51.1 Å². The van der Waals surface area contributed by atoms with Crippen molar-refractivity contribution in [1.82, 2.24) is 15.2 Å². The molecule has 1 aliphatic rings. The van der Waals surface area contributed by atoms with Crippen molar-refractivity contribution in [2.24, 2.45) is 5.84 Å². The van der Waals surface area contributed by atoms with Crippen LogP contribution in [0.2, 0.25) is 0 Å². The molecule has 0 spiro atoms. The Morgan fingerprint density at radius 2 is 2.19 bits per heavy atom. The summed E-state index contributed by atoms with van der Waals surface area (Å²) in [5.74, 6) is 5.80. The second-order valence-corrected chi connectivity index (χ2v) is 6.55. The van der Waals surface area contributed by atoms with Crippen LogP contribution in [0.3, 0.4) is 0 Å². The molecule has 21 heavy (non-hydrogen) atoms. The average molecular weight is 355 g/mol. The van der Waals surface area contributed by atoms with Gasteiger partial charge in [-0.3, -0.25) is 16.0 Å². The number of aromatic nitrogens is 2. The number of rotatable bonds is 7. The molecule has 1 aliphatic carbocycles. The fraction of sp³-hybridized carbons (Fsp3) is 0.688. The van der Waals surface area contributed by atoms with Crippen LogP contribution in [0.5, 0.6) is 0 Å². The van der Waals surface area contributed by atoms with Crippen molar-refractivity contribution in [1.29, 1.82) is 0 Å². The van der Waals surface area contributed by atoms with Crippen LogP contribution in [-0.2, 0) is 19.4 Å². The molecule has 118 valence electrons. The minimum Gasteiger partial charge on any atom is -0.271 e. The number of nitrogens with zero attached hydrogens (tertiary/aromatic N) is 2. The summed E-state index contributed by atoms with van der Waals surface area (Å²) in [4.78, 5) is 0. The van der Waals surface area contributed by atoms with Gasteiger partial charge in [-0.15, -0.1) is 0 Å². The summed E-state index contributed by atoms with van der Waals surface area (Å²) in [5, 5.41) is 4.67. The van der Waals surface area contributed by atoms with E-state index in [9.17, 15) is 0 Å². The number of nitrogens with one attached hydrogen (secondary N) is 1. The third-order valence-corrected chi connectivity index (χ3v) is 5.18. The van der Waals surface area contributed by atoms with Gasteiger partial charge in [-0.2, -0.15) is 5.10 Å². The number of hydrogen-bond donors (Lipinski definition) is 2. The summed E-state index contributed by atoms with van der Waals surface area (Å²) in [6.07, 6.45) is 10.4. The summed E-state index contributed by atoms with van der Waals surface area (Å²) in [7, 11) is 0. The Balaban J connectivity index is 2.10. The molecule has 1 aromatic rings. The molecule has 5 heteroatoms. The van der Waals surface area contributed by atoms with E-state index in [-0.39, 0.29) is 6.04 Å². The Kier molecular flexibility index (Phi) is 6.45. The molecule has 0 bridgehead atoms. The van der Waals surface area contributed by atoms with E-state index in [1.165, 1.54) is 31.4 Å². The number of hydrogen-bond acceptors (Lipinski definition) is 3. The first-order valence-electron chi connectivity index (χ1n) is 8.07. The molecule has 0 saturated heterocycles. The predicted molar refractivity (Wildman–Crippen MR) is 91.0 cm³/mol. The highest BCUT2D eigenvalue weighted by Gasteiger charge is 2.19. The lowest BCUT2D eigenvalue weighted by Gasteiger charge is -2.20. The Morgan fingerprint density at radius 1 is 1.38 bits per heavy atom. The number of halogens is 1. The van der Waals surface area contributed by atoms with Crippen molar-refractivity contribution < 1.29 is 0 Å². The molecule has 0 fully saturated rings. The van der Waals surface area contributed by atoms with Gasteiger partial charge in [-0.1, -0.05) is 18.6 Å². The Morgan fingerprint density at radius 3 is 2.76 bits per heavy atom. The van der Waals surface area contributed by atoms with Crippen molar-refractivity contribution in [3.05, 3.63) is 27.5 Å². The van der Waals surface area contributed by atoms with Gasteiger partial charge in [0, 0.05) is 19.0 Å². The third-order valence-electron chi connectivity index (χ3n) is 4.26. The first kappa shape index (κ1) is 16.7. The summed E-state index contributed by atoms with van der Waals surface area (Å²) >= 11 is 3.72. The minimum atomic E-state index is 0.275. The Bertz CT molecular complexity index is 493. The van der Waals surface area contributed by atoms with E-state index in [1.807, 2.05) is 0 Å². The summed E-state index contributed by atoms with van der Waals surface area (Å²) in [6.45, 7) is 5.17. The molecule has 1 heterocycles. The van der Waals surface area contributed by atoms with Crippen LogP contribution in [0.15, 0.2) is 16.1 Å². The standard InChI is InChI=1S/C16H27BrN4/c1-3-14-16(17)15(21(4-2)20-14)11-13(19-18)10-12-8-6-5-7-9-12/h8,13,19H,3-7,9-11,18H2,1-2H3. The van der Waals surface area contributed by atoms with Gasteiger partial charge < -0.3 is 0 Å². The molecule has 4 nitrogen and oxygen atoms in total. The molecule has 0 amide bonds. The van der Waals surface area contributed by atoms with E-state index in [0.717, 1.165) is 36.0 Å². The normalized spacial score (nSPS) is 16.9. The molecule has 2 rings (SSSR count). The van der Waals surface area contributed by atoms with Gasteiger partial charge in [0.15, 0.2) is 0 Å². The SMILES string of the molecule is CCc1nn(CC)c(CC(CC2=CCCCC2)NN)c1Br. The van der Waals surface area contributed by atoms with E-state index >= 15 is 0 Å². The summed E-state index contributed by atoms with van der Waals surface area (Å²) < 4.78 is 3.26. The average Bonchev–Trinajstić information content (AvgIpc) is 2.83. The van der Waals surface area contributed by atoms with Crippen molar-refractivity contribution in [2.75, 3.05) is 0 Å². The maximum absolute atomic E-state index is 5.80. The zero-order valence-corrected chi connectivity index (χ0v) is 14.7. The molecule has 1 unspecified atom stereocenters. The highest BCUT2D eigenvalue weighted by Crippen LogP contribution is 2.26. The van der Waals surface area contributed by atoms with Gasteiger partial charge >= 0.3 is 0 Å². The van der Waals surface area contributed by atoms with Crippen molar-refractivity contribution in [3.8, 4) is 0 Å². The number of allylic oxidation sites excluding steroid dienone is 1. The van der Waals surface area contributed by atoms with Gasteiger partial charge in [0.1, 0.15) is 0 Å². The van der Waals surface area contributed by atoms with Crippen LogP contribution in [0.1, 0.15) is 57.3 Å². The largest absolute Gasteiger partial charge is 0.271 e. The van der Waals surface area contributed by atoms with Crippen LogP contribution in [0.25, 0.3) is 0 Å². The number of aryl methyl sites for hydroxylation is 2. The predicted octanol–water partition coefficient (Wildman–Crippen LogP) is 3.49. The monoisotopic (exact) mass is 354 g/mol. The Labute approximate surface area is 136 Å². The zero-order chi connectivity index (χ0) is 15.2. The van der Waals surface area contributed by atoms with Gasteiger partial charge in [0.2, 0.25) is 0 Å². The van der Waals surface area contributed by atoms with Gasteiger partial charge in [0.05, 0.1) is 15.9 Å². The van der Waals surface area contributed by atoms with E-state index < -0.39 is 0 Å². The lowest BCUT2D eigenvalue weighted by Crippen LogP contribution is -2.37. The van der Waals surface area contributed by atoms with Crippen molar-refractivity contribution in [3.63, 3.8) is 0 Å². The molecule has 1 aromatic heterocycles. The maximum atomic E-state index is 5.80. The molecule has 1 atom stereocenters. The quantitative estimate of drug-likeness (QED) is 0.447.